The molecule has 0 atom stereocenters. The van der Waals surface area contributed by atoms with Gasteiger partial charge >= 0.3 is 0 Å². The highest BCUT2D eigenvalue weighted by Crippen LogP contribution is 2.24. The summed E-state index contributed by atoms with van der Waals surface area (Å²) in [7, 11) is 0. The number of fused-ring (bicyclic) bond motifs is 1. The van der Waals surface area contributed by atoms with Crippen molar-refractivity contribution in [1.29, 1.82) is 0 Å². The van der Waals surface area contributed by atoms with E-state index in [2.05, 4.69) is 16.3 Å². The fraction of sp³-hybridized carbons (Fsp3) is 0.312. The summed E-state index contributed by atoms with van der Waals surface area (Å²) in [6, 6.07) is 11.8. The van der Waals surface area contributed by atoms with Crippen LogP contribution >= 0.6 is 11.3 Å². The first kappa shape index (κ1) is 12.6. The van der Waals surface area contributed by atoms with E-state index in [1.807, 2.05) is 41.7 Å². The third-order valence-corrected chi connectivity index (χ3v) is 4.66. The van der Waals surface area contributed by atoms with Gasteiger partial charge in [-0.1, -0.05) is 30.3 Å². The van der Waals surface area contributed by atoms with Crippen LogP contribution in [0.1, 0.15) is 27.2 Å². The molecule has 3 rings (SSSR count). The Bertz CT molecular complexity index is 561. The van der Waals surface area contributed by atoms with E-state index in [0.717, 1.165) is 31.6 Å². The average molecular weight is 271 g/mol. The highest BCUT2D eigenvalue weighted by Gasteiger charge is 2.17. The largest absolute Gasteiger partial charge is 0.298 e. The molecule has 0 bridgehead atoms. The second-order valence-electron chi connectivity index (χ2n) is 4.93. The molecule has 0 fully saturated rings. The highest BCUT2D eigenvalue weighted by atomic mass is 32.1. The van der Waals surface area contributed by atoms with Crippen LogP contribution in [0.15, 0.2) is 41.8 Å². The minimum absolute atomic E-state index is 0.247. The van der Waals surface area contributed by atoms with Gasteiger partial charge in [-0.15, -0.1) is 11.3 Å². The number of hydrogen-bond acceptors (Lipinski definition) is 3. The van der Waals surface area contributed by atoms with Crippen molar-refractivity contribution in [2.24, 2.45) is 0 Å². The van der Waals surface area contributed by atoms with E-state index < -0.39 is 0 Å². The van der Waals surface area contributed by atoms with Gasteiger partial charge in [0.1, 0.15) is 0 Å². The monoisotopic (exact) mass is 271 g/mol. The van der Waals surface area contributed by atoms with Crippen molar-refractivity contribution in [3.05, 3.63) is 57.8 Å². The number of rotatable bonds is 4. The van der Waals surface area contributed by atoms with Crippen molar-refractivity contribution in [3.63, 3.8) is 0 Å². The second-order valence-corrected chi connectivity index (χ2v) is 5.94. The fourth-order valence-corrected chi connectivity index (χ4v) is 3.42. The van der Waals surface area contributed by atoms with Crippen LogP contribution in [-0.2, 0) is 13.0 Å². The molecule has 0 saturated heterocycles. The first-order valence-electron chi connectivity index (χ1n) is 6.69. The lowest BCUT2D eigenvalue weighted by Crippen LogP contribution is -2.31. The van der Waals surface area contributed by atoms with Crippen LogP contribution in [0.3, 0.4) is 0 Å². The van der Waals surface area contributed by atoms with E-state index in [-0.39, 0.29) is 5.78 Å². The Morgan fingerprint density at radius 3 is 2.89 bits per heavy atom. The quantitative estimate of drug-likeness (QED) is 0.795. The van der Waals surface area contributed by atoms with E-state index in [9.17, 15) is 4.79 Å². The Labute approximate surface area is 117 Å². The summed E-state index contributed by atoms with van der Waals surface area (Å²) in [6.45, 7) is 2.94. The van der Waals surface area contributed by atoms with Gasteiger partial charge in [-0.2, -0.15) is 0 Å². The third kappa shape index (κ3) is 2.94. The standard InChI is InChI=1S/C16H17NOS/c18-15(13-4-2-1-3-5-13)6-9-17-10-7-16-14(12-17)8-11-19-16/h1-5,8,11H,6-7,9-10,12H2. The van der Waals surface area contributed by atoms with E-state index in [1.165, 1.54) is 10.4 Å². The first-order valence-corrected chi connectivity index (χ1v) is 7.57. The zero-order chi connectivity index (χ0) is 13.1. The molecule has 2 aromatic rings. The molecular formula is C16H17NOS. The molecule has 1 aromatic heterocycles. The molecule has 1 aliphatic heterocycles. The molecule has 0 unspecified atom stereocenters. The number of benzene rings is 1. The second kappa shape index (κ2) is 5.68. The topological polar surface area (TPSA) is 20.3 Å². The molecule has 0 spiro atoms. The van der Waals surface area contributed by atoms with E-state index >= 15 is 0 Å². The van der Waals surface area contributed by atoms with Gasteiger partial charge in [-0.05, 0) is 23.4 Å². The van der Waals surface area contributed by atoms with Crippen molar-refractivity contribution >= 4 is 17.1 Å². The summed E-state index contributed by atoms with van der Waals surface area (Å²) in [5, 5.41) is 2.17. The summed E-state index contributed by atoms with van der Waals surface area (Å²) < 4.78 is 0. The highest BCUT2D eigenvalue weighted by molar-refractivity contribution is 7.10. The van der Waals surface area contributed by atoms with Crippen LogP contribution < -0.4 is 0 Å². The van der Waals surface area contributed by atoms with Gasteiger partial charge in [0.25, 0.3) is 0 Å². The molecule has 0 N–H and O–H groups in total. The Morgan fingerprint density at radius 1 is 1.21 bits per heavy atom. The lowest BCUT2D eigenvalue weighted by molar-refractivity contribution is 0.0961. The molecule has 2 heterocycles. The molecule has 1 aromatic carbocycles. The molecule has 2 nitrogen and oxygen atoms in total. The van der Waals surface area contributed by atoms with Crippen LogP contribution in [0.5, 0.6) is 0 Å². The summed E-state index contributed by atoms with van der Waals surface area (Å²) in [5.74, 6) is 0.247. The average Bonchev–Trinajstić information content (AvgIpc) is 2.93. The third-order valence-electron chi connectivity index (χ3n) is 3.64. The number of ketones is 1. The van der Waals surface area contributed by atoms with Gasteiger partial charge in [-0.25, -0.2) is 0 Å². The summed E-state index contributed by atoms with van der Waals surface area (Å²) in [6.07, 6.45) is 1.75. The molecular weight excluding hydrogens is 254 g/mol. The molecule has 3 heteroatoms. The first-order chi connectivity index (χ1) is 9.33. The number of Topliss-reactive ketones (excluding diaryl/α,β-unsaturated/α-hetero) is 1. The SMILES string of the molecule is O=C(CCN1CCc2sccc2C1)c1ccccc1. The van der Waals surface area contributed by atoms with Crippen molar-refractivity contribution in [2.45, 2.75) is 19.4 Å². The number of carbonyl (C=O) groups excluding carboxylic acids is 1. The summed E-state index contributed by atoms with van der Waals surface area (Å²) in [5.41, 5.74) is 2.28. The predicted molar refractivity (Wildman–Crippen MR) is 78.7 cm³/mol. The Hall–Kier alpha value is -1.45. The maximum absolute atomic E-state index is 12.1. The smallest absolute Gasteiger partial charge is 0.164 e. The Morgan fingerprint density at radius 2 is 2.05 bits per heavy atom. The number of hydrogen-bond donors (Lipinski definition) is 0. The summed E-state index contributed by atoms with van der Waals surface area (Å²) in [4.78, 5) is 16.0. The zero-order valence-corrected chi connectivity index (χ0v) is 11.7. The Balaban J connectivity index is 1.55. The minimum atomic E-state index is 0.247. The van der Waals surface area contributed by atoms with Gasteiger partial charge in [0.2, 0.25) is 0 Å². The van der Waals surface area contributed by atoms with Gasteiger partial charge in [0, 0.05) is 36.5 Å². The van der Waals surface area contributed by atoms with Gasteiger partial charge in [0.15, 0.2) is 5.78 Å². The van der Waals surface area contributed by atoms with Crippen molar-refractivity contribution < 1.29 is 4.79 Å². The molecule has 0 radical (unpaired) electrons. The molecule has 0 amide bonds. The molecule has 98 valence electrons. The Kier molecular flexibility index (Phi) is 3.76. The van der Waals surface area contributed by atoms with Crippen LogP contribution in [0.25, 0.3) is 0 Å². The predicted octanol–water partition coefficient (Wildman–Crippen LogP) is 3.38. The lowest BCUT2D eigenvalue weighted by atomic mass is 10.1. The molecule has 1 aliphatic rings. The van der Waals surface area contributed by atoms with Crippen LogP contribution in [0.4, 0.5) is 0 Å². The van der Waals surface area contributed by atoms with Crippen LogP contribution in [0, 0.1) is 0 Å². The number of carbonyl (C=O) groups is 1. The fourth-order valence-electron chi connectivity index (χ4n) is 2.53. The van der Waals surface area contributed by atoms with Crippen molar-refractivity contribution in [1.82, 2.24) is 4.90 Å². The van der Waals surface area contributed by atoms with Gasteiger partial charge in [-0.3, -0.25) is 9.69 Å². The van der Waals surface area contributed by atoms with Crippen LogP contribution in [0.2, 0.25) is 0 Å². The number of nitrogens with zero attached hydrogens (tertiary/aromatic N) is 1. The van der Waals surface area contributed by atoms with E-state index in [1.54, 1.807) is 0 Å². The van der Waals surface area contributed by atoms with E-state index in [4.69, 9.17) is 0 Å². The van der Waals surface area contributed by atoms with Gasteiger partial charge in [0.05, 0.1) is 0 Å². The molecule has 0 aliphatic carbocycles. The van der Waals surface area contributed by atoms with Crippen molar-refractivity contribution in [2.75, 3.05) is 13.1 Å². The van der Waals surface area contributed by atoms with Gasteiger partial charge < -0.3 is 0 Å². The van der Waals surface area contributed by atoms with Crippen LogP contribution in [-0.4, -0.2) is 23.8 Å². The normalized spacial score (nSPS) is 15.2. The summed E-state index contributed by atoms with van der Waals surface area (Å²) >= 11 is 1.86. The molecule has 0 saturated carbocycles. The maximum Gasteiger partial charge on any atom is 0.164 e. The minimum Gasteiger partial charge on any atom is -0.298 e. The lowest BCUT2D eigenvalue weighted by Gasteiger charge is -2.26. The zero-order valence-electron chi connectivity index (χ0n) is 10.8. The van der Waals surface area contributed by atoms with E-state index in [0.29, 0.717) is 6.42 Å². The maximum atomic E-state index is 12.1. The number of thiophene rings is 1. The van der Waals surface area contributed by atoms with Crippen molar-refractivity contribution in [3.8, 4) is 0 Å². The molecule has 19 heavy (non-hydrogen) atoms.